The van der Waals surface area contributed by atoms with E-state index in [9.17, 15) is 27.9 Å². The molecule has 1 saturated heterocycles. The maximum Gasteiger partial charge on any atom is 0.420 e. The Morgan fingerprint density at radius 1 is 1.17 bits per heavy atom. The van der Waals surface area contributed by atoms with E-state index in [4.69, 9.17) is 23.2 Å². The minimum atomic E-state index is -5.12. The fourth-order valence-corrected chi connectivity index (χ4v) is 4.59. The zero-order valence-electron chi connectivity index (χ0n) is 18.6. The minimum Gasteiger partial charge on any atom is -0.370 e. The maximum atomic E-state index is 14.4. The maximum absolute atomic E-state index is 14.4. The third kappa shape index (κ3) is 4.59. The zero-order valence-corrected chi connectivity index (χ0v) is 20.1. The molecule has 0 aliphatic carbocycles. The Labute approximate surface area is 213 Å². The lowest BCUT2D eigenvalue weighted by Crippen LogP contribution is -2.58. The highest BCUT2D eigenvalue weighted by atomic mass is 35.5. The molecule has 2 aromatic carbocycles. The molecule has 3 amide bonds. The fraction of sp³-hybridized carbons (Fsp3) is 0.208. The van der Waals surface area contributed by atoms with Crippen molar-refractivity contribution in [1.82, 2.24) is 15.6 Å². The topological polar surface area (TPSA) is 94.6 Å². The summed E-state index contributed by atoms with van der Waals surface area (Å²) in [5.41, 5.74) is -2.52. The van der Waals surface area contributed by atoms with Crippen LogP contribution in [0.3, 0.4) is 0 Å². The second kappa shape index (κ2) is 9.61. The Hall–Kier alpha value is -3.34. The number of hydrogen-bond acceptors (Lipinski definition) is 4. The molecule has 188 valence electrons. The van der Waals surface area contributed by atoms with Gasteiger partial charge < -0.3 is 15.7 Å². The van der Waals surface area contributed by atoms with E-state index >= 15 is 0 Å². The molecule has 12 heteroatoms. The fourth-order valence-electron chi connectivity index (χ4n) is 4.06. The number of nitrogens with one attached hydrogen (secondary N) is 2. The highest BCUT2D eigenvalue weighted by Gasteiger charge is 2.68. The summed E-state index contributed by atoms with van der Waals surface area (Å²) in [6.45, 7) is 1.73. The predicted molar refractivity (Wildman–Crippen MR) is 128 cm³/mol. The van der Waals surface area contributed by atoms with Gasteiger partial charge >= 0.3 is 12.2 Å². The van der Waals surface area contributed by atoms with Gasteiger partial charge in [0, 0.05) is 27.5 Å². The first-order valence-corrected chi connectivity index (χ1v) is 11.3. The van der Waals surface area contributed by atoms with Crippen LogP contribution in [0.2, 0.25) is 10.0 Å². The van der Waals surface area contributed by atoms with E-state index in [2.05, 4.69) is 10.3 Å². The molecule has 1 aliphatic heterocycles. The van der Waals surface area contributed by atoms with Gasteiger partial charge in [0.15, 0.2) is 6.23 Å². The first-order chi connectivity index (χ1) is 16.9. The van der Waals surface area contributed by atoms with Gasteiger partial charge in [0.05, 0.1) is 12.2 Å². The summed E-state index contributed by atoms with van der Waals surface area (Å²) in [6, 6.07) is 11.2. The van der Waals surface area contributed by atoms with Crippen LogP contribution in [0, 0.1) is 6.92 Å². The number of aromatic nitrogens is 1. The number of carbonyl (C=O) groups excluding carboxylic acids is 2. The van der Waals surface area contributed by atoms with Crippen LogP contribution in [0.5, 0.6) is 0 Å². The molecular formula is C24H19Cl2F3N4O3. The van der Waals surface area contributed by atoms with E-state index in [-0.39, 0.29) is 27.8 Å². The molecule has 1 aliphatic rings. The van der Waals surface area contributed by atoms with Gasteiger partial charge in [-0.15, -0.1) is 0 Å². The van der Waals surface area contributed by atoms with E-state index in [1.54, 1.807) is 31.3 Å². The van der Waals surface area contributed by atoms with E-state index < -0.39 is 35.4 Å². The number of hydrogen-bond donors (Lipinski definition) is 3. The molecule has 36 heavy (non-hydrogen) atoms. The van der Waals surface area contributed by atoms with Crippen LogP contribution in [0.1, 0.15) is 27.2 Å². The molecule has 0 bridgehead atoms. The molecule has 1 fully saturated rings. The van der Waals surface area contributed by atoms with Crippen molar-refractivity contribution in [2.45, 2.75) is 31.4 Å². The van der Waals surface area contributed by atoms with Crippen LogP contribution < -0.4 is 15.5 Å². The lowest BCUT2D eigenvalue weighted by Gasteiger charge is -2.35. The Bertz CT molecular complexity index is 1300. The summed E-state index contributed by atoms with van der Waals surface area (Å²) in [5, 5.41) is 15.3. The number of aliphatic hydroxyl groups excluding tert-OH is 1. The number of urea groups is 1. The van der Waals surface area contributed by atoms with E-state index in [0.717, 1.165) is 12.1 Å². The minimum absolute atomic E-state index is 0.0435. The van der Waals surface area contributed by atoms with Gasteiger partial charge in [-0.25, -0.2) is 4.79 Å². The van der Waals surface area contributed by atoms with Crippen molar-refractivity contribution in [2.24, 2.45) is 0 Å². The van der Waals surface area contributed by atoms with Crippen molar-refractivity contribution in [3.8, 4) is 0 Å². The molecular weight excluding hydrogens is 520 g/mol. The average molecular weight is 539 g/mol. The average Bonchev–Trinajstić information content (AvgIpc) is 3.08. The van der Waals surface area contributed by atoms with Gasteiger partial charge in [0.2, 0.25) is 5.54 Å². The summed E-state index contributed by atoms with van der Waals surface area (Å²) in [4.78, 5) is 30.1. The van der Waals surface area contributed by atoms with Crippen molar-refractivity contribution < 1.29 is 27.9 Å². The SMILES string of the molecule is Cc1cc(N2C(=O)NC(c3cc(Cl)cc(Cl)c3)(C(F)(F)F)C2O)ccc1C(=O)NCc1ccccn1. The van der Waals surface area contributed by atoms with Gasteiger partial charge in [-0.1, -0.05) is 29.3 Å². The molecule has 7 nitrogen and oxygen atoms in total. The van der Waals surface area contributed by atoms with Crippen molar-refractivity contribution in [2.75, 3.05) is 4.90 Å². The second-order valence-corrected chi connectivity index (χ2v) is 9.01. The summed E-state index contributed by atoms with van der Waals surface area (Å²) in [6.07, 6.45) is -5.93. The molecule has 2 heterocycles. The number of aryl methyl sites for hydroxylation is 1. The number of carbonyl (C=O) groups is 2. The number of amides is 3. The lowest BCUT2D eigenvalue weighted by molar-refractivity contribution is -0.217. The molecule has 1 aromatic heterocycles. The number of anilines is 1. The quantitative estimate of drug-likeness (QED) is 0.429. The Morgan fingerprint density at radius 3 is 2.44 bits per heavy atom. The molecule has 2 unspecified atom stereocenters. The van der Waals surface area contributed by atoms with Crippen LogP contribution in [0.15, 0.2) is 60.8 Å². The Morgan fingerprint density at radius 2 is 1.86 bits per heavy atom. The van der Waals surface area contributed by atoms with Crippen molar-refractivity contribution in [3.63, 3.8) is 0 Å². The third-order valence-corrected chi connectivity index (χ3v) is 6.25. The van der Waals surface area contributed by atoms with Crippen LogP contribution in [0.25, 0.3) is 0 Å². The second-order valence-electron chi connectivity index (χ2n) is 8.14. The number of rotatable bonds is 5. The highest BCUT2D eigenvalue weighted by Crippen LogP contribution is 2.48. The summed E-state index contributed by atoms with van der Waals surface area (Å²) in [5.74, 6) is -0.436. The molecule has 3 N–H and O–H groups in total. The molecule has 0 radical (unpaired) electrons. The largest absolute Gasteiger partial charge is 0.420 e. The van der Waals surface area contributed by atoms with Gasteiger partial charge in [-0.05, 0) is 66.6 Å². The number of halogens is 5. The van der Waals surface area contributed by atoms with Crippen LogP contribution >= 0.6 is 23.2 Å². The molecule has 0 saturated carbocycles. The van der Waals surface area contributed by atoms with Crippen LogP contribution in [-0.2, 0) is 12.1 Å². The lowest BCUT2D eigenvalue weighted by atomic mass is 9.87. The highest BCUT2D eigenvalue weighted by molar-refractivity contribution is 6.34. The first-order valence-electron chi connectivity index (χ1n) is 10.6. The Balaban J connectivity index is 1.65. The van der Waals surface area contributed by atoms with Crippen molar-refractivity contribution in [1.29, 1.82) is 0 Å². The smallest absolute Gasteiger partial charge is 0.370 e. The zero-order chi connectivity index (χ0) is 26.3. The molecule has 4 rings (SSSR count). The van der Waals surface area contributed by atoms with Crippen molar-refractivity contribution >= 4 is 40.8 Å². The van der Waals surface area contributed by atoms with Crippen LogP contribution in [0.4, 0.5) is 23.7 Å². The van der Waals surface area contributed by atoms with E-state index in [1.165, 1.54) is 24.3 Å². The van der Waals surface area contributed by atoms with Gasteiger partial charge in [0.1, 0.15) is 0 Å². The van der Waals surface area contributed by atoms with Crippen LogP contribution in [-0.4, -0.2) is 34.4 Å². The first kappa shape index (κ1) is 25.7. The summed E-state index contributed by atoms with van der Waals surface area (Å²) in [7, 11) is 0. The number of pyridine rings is 1. The Kier molecular flexibility index (Phi) is 6.87. The standard InChI is InChI=1S/C24H19Cl2F3N4O3/c1-13-8-18(5-6-19(13)20(34)31-12-17-4-2-3-7-30-17)33-21(35)23(24(27,28)29,32-22(33)36)14-9-15(25)11-16(26)10-14/h2-11,21,35H,12H2,1H3,(H,31,34)(H,32,36). The van der Waals surface area contributed by atoms with Gasteiger partial charge in [0.25, 0.3) is 5.91 Å². The van der Waals surface area contributed by atoms with Gasteiger partial charge in [-0.2, -0.15) is 13.2 Å². The third-order valence-electron chi connectivity index (χ3n) is 5.81. The number of nitrogens with zero attached hydrogens (tertiary/aromatic N) is 2. The van der Waals surface area contributed by atoms with E-state index in [1.807, 2.05) is 5.32 Å². The number of alkyl halides is 3. The van der Waals surface area contributed by atoms with Gasteiger partial charge in [-0.3, -0.25) is 14.7 Å². The molecule has 0 spiro atoms. The molecule has 3 aromatic rings. The molecule has 2 atom stereocenters. The van der Waals surface area contributed by atoms with E-state index in [0.29, 0.717) is 16.2 Å². The predicted octanol–water partition coefficient (Wildman–Crippen LogP) is 4.93. The number of benzene rings is 2. The summed E-state index contributed by atoms with van der Waals surface area (Å²) >= 11 is 11.8. The summed E-state index contributed by atoms with van der Waals surface area (Å²) < 4.78 is 43.2. The van der Waals surface area contributed by atoms with Crippen molar-refractivity contribution in [3.05, 3.63) is 93.2 Å². The number of aliphatic hydroxyl groups is 1. The monoisotopic (exact) mass is 538 g/mol. The normalized spacial score (nSPS) is 19.8.